The lowest BCUT2D eigenvalue weighted by Crippen LogP contribution is -2.13. The van der Waals surface area contributed by atoms with Crippen LogP contribution in [0.3, 0.4) is 0 Å². The van der Waals surface area contributed by atoms with E-state index in [2.05, 4.69) is 228 Å². The first-order chi connectivity index (χ1) is 25.8. The van der Waals surface area contributed by atoms with Crippen LogP contribution in [0.1, 0.15) is 0 Å². The maximum absolute atomic E-state index is 2.44. The largest absolute Gasteiger partial charge is 0.310 e. The third-order valence-corrected chi connectivity index (χ3v) is 9.81. The third kappa shape index (κ3) is 5.77. The van der Waals surface area contributed by atoms with Gasteiger partial charge in [0.05, 0.1) is 17.1 Å². The smallest absolute Gasteiger partial charge is 0.0547 e. The summed E-state index contributed by atoms with van der Waals surface area (Å²) in [4.78, 5) is 4.83. The van der Waals surface area contributed by atoms with E-state index in [9.17, 15) is 0 Å². The number of fused-ring (bicyclic) bond motifs is 3. The Balaban J connectivity index is 1.34. The van der Waals surface area contributed by atoms with Crippen LogP contribution < -0.4 is 9.80 Å². The zero-order chi connectivity index (χ0) is 34.7. The van der Waals surface area contributed by atoms with E-state index in [1.807, 2.05) is 0 Å². The quantitative estimate of drug-likeness (QED) is 0.149. The second-order valence-electron chi connectivity index (χ2n) is 13.0. The first kappa shape index (κ1) is 31.1. The standard InChI is InChI=1S/C50H36N2/c1-5-19-37(20-6-1)44-29-15-17-31-48(44)51(40-24-9-3-10-25-40)42-33-34-46-43-28-14-13-23-39(43)35-50(47(46)36-42)52(41-26-11-4-12-27-41)49-32-18-16-30-45(49)38-21-7-2-8-22-38/h1-36H. The summed E-state index contributed by atoms with van der Waals surface area (Å²) in [6, 6.07) is 78.3. The van der Waals surface area contributed by atoms with Crippen LogP contribution in [0, 0.1) is 0 Å². The van der Waals surface area contributed by atoms with Crippen molar-refractivity contribution in [1.82, 2.24) is 0 Å². The summed E-state index contributed by atoms with van der Waals surface area (Å²) >= 11 is 0. The average molecular weight is 665 g/mol. The van der Waals surface area contributed by atoms with E-state index in [0.29, 0.717) is 0 Å². The molecule has 0 bridgehead atoms. The topological polar surface area (TPSA) is 6.48 Å². The van der Waals surface area contributed by atoms with E-state index >= 15 is 0 Å². The fourth-order valence-electron chi connectivity index (χ4n) is 7.45. The Kier molecular flexibility index (Phi) is 8.24. The number of nitrogens with zero attached hydrogens (tertiary/aromatic N) is 2. The normalized spacial score (nSPS) is 11.1. The molecule has 9 aromatic carbocycles. The number of anilines is 6. The summed E-state index contributed by atoms with van der Waals surface area (Å²) in [5, 5.41) is 4.80. The Morgan fingerprint density at radius 2 is 0.712 bits per heavy atom. The highest BCUT2D eigenvalue weighted by molar-refractivity contribution is 6.16. The van der Waals surface area contributed by atoms with E-state index in [1.54, 1.807) is 0 Å². The highest BCUT2D eigenvalue weighted by atomic mass is 15.2. The van der Waals surface area contributed by atoms with Gasteiger partial charge in [-0.25, -0.2) is 0 Å². The maximum atomic E-state index is 2.44. The second-order valence-corrected chi connectivity index (χ2v) is 13.0. The van der Waals surface area contributed by atoms with Crippen LogP contribution in [0.25, 0.3) is 43.8 Å². The predicted molar refractivity (Wildman–Crippen MR) is 222 cm³/mol. The van der Waals surface area contributed by atoms with Gasteiger partial charge < -0.3 is 9.80 Å². The zero-order valence-corrected chi connectivity index (χ0v) is 28.7. The molecule has 0 saturated heterocycles. The van der Waals surface area contributed by atoms with Crippen molar-refractivity contribution < 1.29 is 0 Å². The van der Waals surface area contributed by atoms with Crippen LogP contribution in [-0.4, -0.2) is 0 Å². The van der Waals surface area contributed by atoms with Gasteiger partial charge in [-0.1, -0.05) is 164 Å². The van der Waals surface area contributed by atoms with Crippen molar-refractivity contribution in [2.24, 2.45) is 0 Å². The molecule has 0 aliphatic carbocycles. The predicted octanol–water partition coefficient (Wildman–Crippen LogP) is 14.3. The Hall–Kier alpha value is -6.90. The molecule has 0 radical (unpaired) electrons. The molecule has 0 atom stereocenters. The van der Waals surface area contributed by atoms with Gasteiger partial charge in [-0.2, -0.15) is 0 Å². The number of hydrogen-bond donors (Lipinski definition) is 0. The van der Waals surface area contributed by atoms with E-state index in [-0.39, 0.29) is 0 Å². The minimum atomic E-state index is 1.09. The molecule has 0 unspecified atom stereocenters. The molecule has 2 heteroatoms. The van der Waals surface area contributed by atoms with Crippen LogP contribution in [0.15, 0.2) is 218 Å². The molecule has 0 aliphatic heterocycles. The lowest BCUT2D eigenvalue weighted by molar-refractivity contribution is 1.28. The average Bonchev–Trinajstić information content (AvgIpc) is 3.23. The molecular formula is C50H36N2. The maximum Gasteiger partial charge on any atom is 0.0547 e. The number of benzene rings is 9. The molecule has 0 aromatic heterocycles. The lowest BCUT2D eigenvalue weighted by Gasteiger charge is -2.31. The van der Waals surface area contributed by atoms with Gasteiger partial charge >= 0.3 is 0 Å². The monoisotopic (exact) mass is 664 g/mol. The molecule has 0 aliphatic rings. The van der Waals surface area contributed by atoms with E-state index in [4.69, 9.17) is 0 Å². The minimum Gasteiger partial charge on any atom is -0.310 e. The molecule has 0 spiro atoms. The molecule has 0 N–H and O–H groups in total. The summed E-state index contributed by atoms with van der Waals surface area (Å²) in [6.45, 7) is 0. The molecule has 0 amide bonds. The number of hydrogen-bond acceptors (Lipinski definition) is 2. The van der Waals surface area contributed by atoms with Gasteiger partial charge in [0.1, 0.15) is 0 Å². The molecule has 9 aromatic rings. The summed E-state index contributed by atoms with van der Waals surface area (Å²) in [5.74, 6) is 0. The van der Waals surface area contributed by atoms with Crippen molar-refractivity contribution in [3.05, 3.63) is 218 Å². The van der Waals surface area contributed by atoms with Crippen molar-refractivity contribution in [2.75, 3.05) is 9.80 Å². The number of para-hydroxylation sites is 4. The third-order valence-electron chi connectivity index (χ3n) is 9.81. The fourth-order valence-corrected chi connectivity index (χ4v) is 7.45. The van der Waals surface area contributed by atoms with Crippen LogP contribution in [0.5, 0.6) is 0 Å². The van der Waals surface area contributed by atoms with Crippen molar-refractivity contribution >= 4 is 55.7 Å². The summed E-state index contributed by atoms with van der Waals surface area (Å²) in [7, 11) is 0. The van der Waals surface area contributed by atoms with Gasteiger partial charge in [-0.15, -0.1) is 0 Å². The van der Waals surface area contributed by atoms with Crippen LogP contribution in [-0.2, 0) is 0 Å². The van der Waals surface area contributed by atoms with Gasteiger partial charge in [-0.05, 0) is 81.9 Å². The Labute approximate surface area is 305 Å². The minimum absolute atomic E-state index is 1.09. The molecule has 0 fully saturated rings. The first-order valence-corrected chi connectivity index (χ1v) is 17.8. The SMILES string of the molecule is c1ccc(-c2ccccc2N(c2ccccc2)c2ccc3c(c2)c(N(c2ccccc2)c2ccccc2-c2ccccc2)cc2ccccc23)cc1. The molecular weight excluding hydrogens is 629 g/mol. The van der Waals surface area contributed by atoms with Crippen molar-refractivity contribution in [1.29, 1.82) is 0 Å². The van der Waals surface area contributed by atoms with Crippen molar-refractivity contribution in [3.63, 3.8) is 0 Å². The van der Waals surface area contributed by atoms with Crippen LogP contribution >= 0.6 is 0 Å². The molecule has 9 rings (SSSR count). The van der Waals surface area contributed by atoms with Gasteiger partial charge in [0.25, 0.3) is 0 Å². The summed E-state index contributed by atoms with van der Waals surface area (Å²) in [6.07, 6.45) is 0. The van der Waals surface area contributed by atoms with Crippen molar-refractivity contribution in [3.8, 4) is 22.3 Å². The van der Waals surface area contributed by atoms with Crippen LogP contribution in [0.4, 0.5) is 34.1 Å². The Bertz CT molecular complexity index is 2620. The van der Waals surface area contributed by atoms with Gasteiger partial charge in [0, 0.05) is 33.6 Å². The zero-order valence-electron chi connectivity index (χ0n) is 28.7. The van der Waals surface area contributed by atoms with E-state index in [1.165, 1.54) is 43.8 Å². The highest BCUT2D eigenvalue weighted by Gasteiger charge is 2.23. The molecule has 0 saturated carbocycles. The second kappa shape index (κ2) is 13.8. The summed E-state index contributed by atoms with van der Waals surface area (Å²) in [5.41, 5.74) is 11.4. The van der Waals surface area contributed by atoms with Gasteiger partial charge in [0.15, 0.2) is 0 Å². The Morgan fingerprint density at radius 1 is 0.250 bits per heavy atom. The number of rotatable bonds is 8. The Morgan fingerprint density at radius 3 is 1.31 bits per heavy atom. The first-order valence-electron chi connectivity index (χ1n) is 17.8. The van der Waals surface area contributed by atoms with Gasteiger partial charge in [0.2, 0.25) is 0 Å². The molecule has 0 heterocycles. The van der Waals surface area contributed by atoms with E-state index in [0.717, 1.165) is 34.1 Å². The molecule has 246 valence electrons. The molecule has 52 heavy (non-hydrogen) atoms. The van der Waals surface area contributed by atoms with Gasteiger partial charge in [-0.3, -0.25) is 0 Å². The lowest BCUT2D eigenvalue weighted by atomic mass is 9.96. The molecule has 2 nitrogen and oxygen atoms in total. The summed E-state index contributed by atoms with van der Waals surface area (Å²) < 4.78 is 0. The van der Waals surface area contributed by atoms with Crippen molar-refractivity contribution in [2.45, 2.75) is 0 Å². The van der Waals surface area contributed by atoms with Crippen LogP contribution in [0.2, 0.25) is 0 Å². The fraction of sp³-hybridized carbons (Fsp3) is 0. The highest BCUT2D eigenvalue weighted by Crippen LogP contribution is 2.48. The van der Waals surface area contributed by atoms with E-state index < -0.39 is 0 Å².